The van der Waals surface area contributed by atoms with Crippen LogP contribution in [0.15, 0.2) is 47.0 Å². The largest absolute Gasteiger partial charge is 0.480 e. The summed E-state index contributed by atoms with van der Waals surface area (Å²) in [7, 11) is -3.13. The normalized spacial score (nSPS) is 17.4. The van der Waals surface area contributed by atoms with E-state index in [9.17, 15) is 18.3 Å². The van der Waals surface area contributed by atoms with Gasteiger partial charge in [0.25, 0.3) is 0 Å². The maximum Gasteiger partial charge on any atom is 0.323 e. The first kappa shape index (κ1) is 18.7. The number of nitrogens with zero attached hydrogens (tertiary/aromatic N) is 1. The number of allylic oxidation sites excluding steroid dienone is 2. The van der Waals surface area contributed by atoms with Crippen LogP contribution in [-0.2, 0) is 34.0 Å². The maximum atomic E-state index is 12.1. The highest BCUT2D eigenvalue weighted by Gasteiger charge is 2.27. The summed E-state index contributed by atoms with van der Waals surface area (Å²) in [5.41, 5.74) is 7.45. The van der Waals surface area contributed by atoms with Crippen molar-refractivity contribution in [1.29, 1.82) is 0 Å². The van der Waals surface area contributed by atoms with E-state index in [1.165, 1.54) is 0 Å². The van der Waals surface area contributed by atoms with E-state index in [2.05, 4.69) is 25.1 Å². The van der Waals surface area contributed by atoms with Gasteiger partial charge in [-0.3, -0.25) is 4.79 Å². The van der Waals surface area contributed by atoms with Crippen LogP contribution in [0.5, 0.6) is 0 Å². The molecule has 0 bridgehead atoms. The predicted molar refractivity (Wildman–Crippen MR) is 108 cm³/mol. The average molecular weight is 397 g/mol. The molecule has 0 aliphatic carbocycles. The van der Waals surface area contributed by atoms with Crippen molar-refractivity contribution in [2.45, 2.75) is 38.1 Å². The zero-order chi connectivity index (χ0) is 20.1. The van der Waals surface area contributed by atoms with Gasteiger partial charge in [0.1, 0.15) is 6.54 Å². The van der Waals surface area contributed by atoms with E-state index in [-0.39, 0.29) is 12.3 Å². The minimum Gasteiger partial charge on any atom is -0.480 e. The van der Waals surface area contributed by atoms with Crippen molar-refractivity contribution < 1.29 is 18.3 Å². The Balaban J connectivity index is 1.76. The molecular weight excluding hydrogens is 374 g/mol. The lowest BCUT2D eigenvalue weighted by Gasteiger charge is -2.33. The Morgan fingerprint density at radius 2 is 1.89 bits per heavy atom. The van der Waals surface area contributed by atoms with Gasteiger partial charge in [-0.2, -0.15) is 0 Å². The number of rotatable bonds is 4. The fourth-order valence-electron chi connectivity index (χ4n) is 4.18. The third kappa shape index (κ3) is 3.33. The molecule has 0 amide bonds. The first-order valence-electron chi connectivity index (χ1n) is 9.35. The number of aryl methyl sites for hydroxylation is 2. The zero-order valence-electron chi connectivity index (χ0n) is 16.0. The summed E-state index contributed by atoms with van der Waals surface area (Å²) in [6.07, 6.45) is 1.20. The second kappa shape index (κ2) is 6.78. The highest BCUT2D eigenvalue weighted by molar-refractivity contribution is 7.91. The lowest BCUT2D eigenvalue weighted by molar-refractivity contribution is -0.137. The van der Waals surface area contributed by atoms with Gasteiger partial charge in [0.05, 0.1) is 10.6 Å². The van der Waals surface area contributed by atoms with Crippen LogP contribution in [0.1, 0.15) is 34.7 Å². The first-order chi connectivity index (χ1) is 13.2. The van der Waals surface area contributed by atoms with Crippen LogP contribution >= 0.6 is 0 Å². The van der Waals surface area contributed by atoms with Crippen LogP contribution in [0, 0.1) is 6.92 Å². The lowest BCUT2D eigenvalue weighted by Crippen LogP contribution is -2.31. The summed E-state index contributed by atoms with van der Waals surface area (Å²) in [4.78, 5) is 13.7. The van der Waals surface area contributed by atoms with Crippen molar-refractivity contribution in [2.24, 2.45) is 0 Å². The van der Waals surface area contributed by atoms with E-state index < -0.39 is 15.8 Å². The van der Waals surface area contributed by atoms with Gasteiger partial charge in [0, 0.05) is 12.2 Å². The van der Waals surface area contributed by atoms with E-state index in [1.54, 1.807) is 6.07 Å². The molecule has 1 N–H and O–H groups in total. The molecule has 6 heteroatoms. The van der Waals surface area contributed by atoms with Crippen molar-refractivity contribution >= 4 is 21.4 Å². The van der Waals surface area contributed by atoms with Crippen LogP contribution in [0.4, 0.5) is 0 Å². The zero-order valence-corrected chi connectivity index (χ0v) is 16.8. The SMILES string of the molecule is CC1=C(Cc2ccc3c(c2)CCS3(=O)=O)c2cc(C)ccc2CN1CC(=O)O. The molecule has 28 heavy (non-hydrogen) atoms. The molecule has 0 spiro atoms. The molecular formula is C22H23NO4S. The van der Waals surface area contributed by atoms with Crippen molar-refractivity contribution in [3.8, 4) is 0 Å². The number of aliphatic carboxylic acids is 1. The number of hydrogen-bond donors (Lipinski definition) is 1. The van der Waals surface area contributed by atoms with Crippen molar-refractivity contribution in [2.75, 3.05) is 12.3 Å². The Hall–Kier alpha value is -2.60. The fourth-order valence-corrected chi connectivity index (χ4v) is 5.72. The molecule has 0 saturated heterocycles. The lowest BCUT2D eigenvalue weighted by atomic mass is 9.88. The molecule has 2 heterocycles. The Morgan fingerprint density at radius 1 is 1.11 bits per heavy atom. The molecule has 2 aliphatic heterocycles. The van der Waals surface area contributed by atoms with Gasteiger partial charge in [-0.1, -0.05) is 35.9 Å². The van der Waals surface area contributed by atoms with Crippen molar-refractivity contribution in [3.05, 3.63) is 69.9 Å². The smallest absolute Gasteiger partial charge is 0.323 e. The molecule has 146 valence electrons. The highest BCUT2D eigenvalue weighted by Crippen LogP contribution is 2.35. The summed E-state index contributed by atoms with van der Waals surface area (Å²) in [6, 6.07) is 11.9. The van der Waals surface area contributed by atoms with Crippen LogP contribution < -0.4 is 0 Å². The van der Waals surface area contributed by atoms with Crippen LogP contribution in [0.2, 0.25) is 0 Å². The summed E-state index contributed by atoms with van der Waals surface area (Å²) in [6.45, 7) is 4.57. The molecule has 0 saturated carbocycles. The molecule has 5 nitrogen and oxygen atoms in total. The molecule has 0 fully saturated rings. The number of benzene rings is 2. The summed E-state index contributed by atoms with van der Waals surface area (Å²) in [5, 5.41) is 9.29. The quantitative estimate of drug-likeness (QED) is 0.858. The number of carbonyl (C=O) groups is 1. The van der Waals surface area contributed by atoms with Gasteiger partial charge in [-0.15, -0.1) is 0 Å². The number of fused-ring (bicyclic) bond motifs is 2. The molecule has 0 unspecified atom stereocenters. The van der Waals surface area contributed by atoms with Crippen LogP contribution in [0.25, 0.3) is 5.57 Å². The van der Waals surface area contributed by atoms with Crippen molar-refractivity contribution in [3.63, 3.8) is 0 Å². The molecule has 2 aliphatic rings. The van der Waals surface area contributed by atoms with E-state index in [0.717, 1.165) is 39.1 Å². The highest BCUT2D eigenvalue weighted by atomic mass is 32.2. The monoisotopic (exact) mass is 397 g/mol. The summed E-state index contributed by atoms with van der Waals surface area (Å²) < 4.78 is 24.2. The van der Waals surface area contributed by atoms with Crippen LogP contribution in [0.3, 0.4) is 0 Å². The number of carboxylic acid groups (broad SMARTS) is 1. The third-order valence-electron chi connectivity index (χ3n) is 5.67. The molecule has 2 aromatic carbocycles. The van der Waals surface area contributed by atoms with Gasteiger partial charge in [-0.25, -0.2) is 8.42 Å². The van der Waals surface area contributed by atoms with Gasteiger partial charge in [-0.05, 0) is 60.6 Å². The van der Waals surface area contributed by atoms with Gasteiger partial charge in [0.15, 0.2) is 9.84 Å². The van der Waals surface area contributed by atoms with E-state index in [1.807, 2.05) is 24.0 Å². The van der Waals surface area contributed by atoms with Gasteiger partial charge < -0.3 is 10.0 Å². The van der Waals surface area contributed by atoms with Crippen molar-refractivity contribution in [1.82, 2.24) is 4.90 Å². The molecule has 4 rings (SSSR count). The molecule has 0 aromatic heterocycles. The minimum atomic E-state index is -3.13. The Kier molecular flexibility index (Phi) is 4.54. The second-order valence-electron chi connectivity index (χ2n) is 7.66. The van der Waals surface area contributed by atoms with E-state index in [0.29, 0.717) is 24.3 Å². The minimum absolute atomic E-state index is 0.0366. The first-order valence-corrected chi connectivity index (χ1v) is 11.0. The molecule has 0 radical (unpaired) electrons. The predicted octanol–water partition coefficient (Wildman–Crippen LogP) is 3.20. The average Bonchev–Trinajstić information content (AvgIpc) is 2.93. The van der Waals surface area contributed by atoms with E-state index in [4.69, 9.17) is 0 Å². The van der Waals surface area contributed by atoms with Gasteiger partial charge in [0.2, 0.25) is 0 Å². The third-order valence-corrected chi connectivity index (χ3v) is 7.48. The Bertz CT molecular complexity index is 1120. The number of carboxylic acids is 1. The van der Waals surface area contributed by atoms with E-state index >= 15 is 0 Å². The molecule has 0 atom stereocenters. The summed E-state index contributed by atoms with van der Waals surface area (Å²) in [5.74, 6) is -0.668. The summed E-state index contributed by atoms with van der Waals surface area (Å²) >= 11 is 0. The standard InChI is InChI=1S/C22H23NO4S/c1-14-3-5-18-12-23(13-22(24)25)15(2)19(20(18)9-14)11-16-4-6-21-17(10-16)7-8-28(21,26)27/h3-6,9-10H,7-8,11-13H2,1-2H3,(H,24,25). The Morgan fingerprint density at radius 3 is 2.64 bits per heavy atom. The van der Waals surface area contributed by atoms with Gasteiger partial charge >= 0.3 is 5.97 Å². The topological polar surface area (TPSA) is 74.7 Å². The Labute approximate surface area is 165 Å². The second-order valence-corrected chi connectivity index (χ2v) is 9.74. The number of hydrogen-bond acceptors (Lipinski definition) is 4. The molecule has 2 aromatic rings. The fraction of sp³-hybridized carbons (Fsp3) is 0.318. The van der Waals surface area contributed by atoms with Crippen LogP contribution in [-0.4, -0.2) is 36.7 Å². The number of sulfone groups is 1. The maximum absolute atomic E-state index is 12.1.